The molecular formula is C15H23FN2O. The molecule has 0 spiro atoms. The summed E-state index contributed by atoms with van der Waals surface area (Å²) in [5.74, 6) is -0.327. The van der Waals surface area contributed by atoms with Gasteiger partial charge in [-0.3, -0.25) is 4.79 Å². The Morgan fingerprint density at radius 2 is 2.00 bits per heavy atom. The number of rotatable bonds is 9. The van der Waals surface area contributed by atoms with Crippen molar-refractivity contribution in [3.63, 3.8) is 0 Å². The molecule has 1 rings (SSSR count). The minimum atomic E-state index is -0.277. The number of benzene rings is 1. The van der Waals surface area contributed by atoms with Gasteiger partial charge >= 0.3 is 0 Å². The highest BCUT2D eigenvalue weighted by atomic mass is 19.1. The van der Waals surface area contributed by atoms with Crippen LogP contribution in [0.3, 0.4) is 0 Å². The Bertz CT molecular complexity index is 382. The van der Waals surface area contributed by atoms with Crippen molar-refractivity contribution >= 4 is 5.91 Å². The maximum Gasteiger partial charge on any atom is 0.221 e. The van der Waals surface area contributed by atoms with Crippen molar-refractivity contribution in [3.8, 4) is 0 Å². The molecule has 1 aromatic rings. The van der Waals surface area contributed by atoms with Crippen molar-refractivity contribution in [2.75, 3.05) is 13.1 Å². The Balaban J connectivity index is 2.10. The summed E-state index contributed by atoms with van der Waals surface area (Å²) >= 11 is 0. The summed E-state index contributed by atoms with van der Waals surface area (Å²) in [5.41, 5.74) is 0.520. The molecule has 0 aromatic heterocycles. The van der Waals surface area contributed by atoms with Gasteiger partial charge in [-0.05, 0) is 19.0 Å². The molecule has 0 aliphatic rings. The fourth-order valence-electron chi connectivity index (χ4n) is 1.75. The predicted molar refractivity (Wildman–Crippen MR) is 75.3 cm³/mol. The minimum Gasteiger partial charge on any atom is -0.352 e. The number of halogens is 1. The van der Waals surface area contributed by atoms with Crippen LogP contribution in [0.15, 0.2) is 24.3 Å². The number of hydrogen-bond acceptors (Lipinski definition) is 2. The van der Waals surface area contributed by atoms with Crippen molar-refractivity contribution in [1.29, 1.82) is 0 Å². The lowest BCUT2D eigenvalue weighted by Crippen LogP contribution is -2.28. The van der Waals surface area contributed by atoms with Crippen molar-refractivity contribution in [3.05, 3.63) is 35.6 Å². The van der Waals surface area contributed by atoms with Gasteiger partial charge in [0.2, 0.25) is 5.91 Å². The highest BCUT2D eigenvalue weighted by Gasteiger charge is 2.03. The van der Waals surface area contributed by atoms with Gasteiger partial charge in [0.1, 0.15) is 5.82 Å². The van der Waals surface area contributed by atoms with E-state index in [2.05, 4.69) is 17.6 Å². The average molecular weight is 266 g/mol. The maximum absolute atomic E-state index is 13.3. The van der Waals surface area contributed by atoms with E-state index >= 15 is 0 Å². The molecule has 0 aliphatic heterocycles. The van der Waals surface area contributed by atoms with Gasteiger partial charge in [0.15, 0.2) is 0 Å². The first-order valence-corrected chi connectivity index (χ1v) is 6.95. The number of unbranched alkanes of at least 4 members (excludes halogenated alkanes) is 2. The van der Waals surface area contributed by atoms with E-state index in [1.54, 1.807) is 18.2 Å². The molecule has 0 bridgehead atoms. The fraction of sp³-hybridized carbons (Fsp3) is 0.533. The van der Waals surface area contributed by atoms with Crippen LogP contribution in [0.25, 0.3) is 0 Å². The second kappa shape index (κ2) is 9.50. The normalized spacial score (nSPS) is 10.4. The standard InChI is InChI=1S/C15H23FN2O/c1-2-3-6-10-17-11-9-15(19)18-12-13-7-4-5-8-14(13)16/h4-5,7-8,17H,2-3,6,9-12H2,1H3,(H,18,19). The largest absolute Gasteiger partial charge is 0.352 e. The third kappa shape index (κ3) is 6.91. The van der Waals surface area contributed by atoms with Gasteiger partial charge in [-0.15, -0.1) is 0 Å². The smallest absolute Gasteiger partial charge is 0.221 e. The quantitative estimate of drug-likeness (QED) is 0.675. The Labute approximate surface area is 114 Å². The van der Waals surface area contributed by atoms with E-state index in [1.165, 1.54) is 18.9 Å². The van der Waals surface area contributed by atoms with Gasteiger partial charge in [0.25, 0.3) is 0 Å². The third-order valence-electron chi connectivity index (χ3n) is 2.92. The van der Waals surface area contributed by atoms with Gasteiger partial charge in [0.05, 0.1) is 0 Å². The van der Waals surface area contributed by atoms with E-state index < -0.39 is 0 Å². The SMILES string of the molecule is CCCCCNCCC(=O)NCc1ccccc1F. The zero-order chi connectivity index (χ0) is 13.9. The molecule has 0 saturated carbocycles. The molecule has 0 fully saturated rings. The van der Waals surface area contributed by atoms with E-state index in [0.29, 0.717) is 18.5 Å². The number of carbonyl (C=O) groups is 1. The van der Waals surface area contributed by atoms with Crippen LogP contribution in [0.4, 0.5) is 4.39 Å². The van der Waals surface area contributed by atoms with Gasteiger partial charge < -0.3 is 10.6 Å². The highest BCUT2D eigenvalue weighted by molar-refractivity contribution is 5.76. The van der Waals surface area contributed by atoms with E-state index in [4.69, 9.17) is 0 Å². The van der Waals surface area contributed by atoms with Crippen LogP contribution < -0.4 is 10.6 Å². The fourth-order valence-corrected chi connectivity index (χ4v) is 1.75. The topological polar surface area (TPSA) is 41.1 Å². The number of carbonyl (C=O) groups excluding carboxylic acids is 1. The minimum absolute atomic E-state index is 0.0498. The van der Waals surface area contributed by atoms with Gasteiger partial charge in [-0.1, -0.05) is 38.0 Å². The lowest BCUT2D eigenvalue weighted by atomic mass is 10.2. The number of amides is 1. The molecule has 19 heavy (non-hydrogen) atoms. The van der Waals surface area contributed by atoms with Gasteiger partial charge in [0, 0.05) is 25.1 Å². The number of hydrogen-bond donors (Lipinski definition) is 2. The number of nitrogens with one attached hydrogen (secondary N) is 2. The van der Waals surface area contributed by atoms with Crippen LogP contribution in [-0.4, -0.2) is 19.0 Å². The molecule has 0 radical (unpaired) electrons. The lowest BCUT2D eigenvalue weighted by Gasteiger charge is -2.07. The van der Waals surface area contributed by atoms with Crippen LogP contribution in [0, 0.1) is 5.82 Å². The zero-order valence-corrected chi connectivity index (χ0v) is 11.5. The molecule has 4 heteroatoms. The molecule has 0 atom stereocenters. The highest BCUT2D eigenvalue weighted by Crippen LogP contribution is 2.05. The van der Waals surface area contributed by atoms with Crippen molar-refractivity contribution < 1.29 is 9.18 Å². The Morgan fingerprint density at radius 1 is 1.21 bits per heavy atom. The Morgan fingerprint density at radius 3 is 2.74 bits per heavy atom. The molecule has 1 aromatic carbocycles. The summed E-state index contributed by atoms with van der Waals surface area (Å²) in [4.78, 5) is 11.5. The lowest BCUT2D eigenvalue weighted by molar-refractivity contribution is -0.121. The first-order chi connectivity index (χ1) is 9.24. The van der Waals surface area contributed by atoms with E-state index in [0.717, 1.165) is 13.0 Å². The summed E-state index contributed by atoms with van der Waals surface area (Å²) < 4.78 is 13.3. The third-order valence-corrected chi connectivity index (χ3v) is 2.92. The van der Waals surface area contributed by atoms with Crippen LogP contribution in [0.1, 0.15) is 38.2 Å². The molecule has 0 saturated heterocycles. The van der Waals surface area contributed by atoms with Crippen LogP contribution in [0.2, 0.25) is 0 Å². The summed E-state index contributed by atoms with van der Waals surface area (Å²) in [6, 6.07) is 6.48. The van der Waals surface area contributed by atoms with Crippen LogP contribution in [-0.2, 0) is 11.3 Å². The monoisotopic (exact) mass is 266 g/mol. The molecule has 3 nitrogen and oxygen atoms in total. The molecule has 0 heterocycles. The molecule has 0 unspecified atom stereocenters. The van der Waals surface area contributed by atoms with Crippen molar-refractivity contribution in [1.82, 2.24) is 10.6 Å². The molecule has 2 N–H and O–H groups in total. The second-order valence-corrected chi connectivity index (χ2v) is 4.58. The first-order valence-electron chi connectivity index (χ1n) is 6.95. The molecule has 1 amide bonds. The average Bonchev–Trinajstić information content (AvgIpc) is 2.42. The predicted octanol–water partition coefficient (Wildman–Crippen LogP) is 2.61. The van der Waals surface area contributed by atoms with Gasteiger partial charge in [-0.25, -0.2) is 4.39 Å². The second-order valence-electron chi connectivity index (χ2n) is 4.58. The van der Waals surface area contributed by atoms with E-state index in [-0.39, 0.29) is 18.3 Å². The summed E-state index contributed by atoms with van der Waals surface area (Å²) in [6.45, 7) is 4.04. The maximum atomic E-state index is 13.3. The summed E-state index contributed by atoms with van der Waals surface area (Å²) in [7, 11) is 0. The summed E-state index contributed by atoms with van der Waals surface area (Å²) in [6.07, 6.45) is 3.99. The van der Waals surface area contributed by atoms with E-state index in [9.17, 15) is 9.18 Å². The van der Waals surface area contributed by atoms with Crippen molar-refractivity contribution in [2.24, 2.45) is 0 Å². The molecule has 106 valence electrons. The zero-order valence-electron chi connectivity index (χ0n) is 11.5. The van der Waals surface area contributed by atoms with Crippen LogP contribution in [0.5, 0.6) is 0 Å². The van der Waals surface area contributed by atoms with Crippen molar-refractivity contribution in [2.45, 2.75) is 39.2 Å². The Hall–Kier alpha value is -1.42. The summed E-state index contributed by atoms with van der Waals surface area (Å²) in [5, 5.41) is 5.95. The molecular weight excluding hydrogens is 243 g/mol. The van der Waals surface area contributed by atoms with Gasteiger partial charge in [-0.2, -0.15) is 0 Å². The van der Waals surface area contributed by atoms with E-state index in [1.807, 2.05) is 0 Å². The molecule has 0 aliphatic carbocycles. The first kappa shape index (κ1) is 15.6. The van der Waals surface area contributed by atoms with Crippen LogP contribution >= 0.6 is 0 Å². The Kier molecular flexibility index (Phi) is 7.82.